The molecule has 82 valence electrons. The van der Waals surface area contributed by atoms with Gasteiger partial charge < -0.3 is 10.0 Å². The zero-order valence-corrected chi connectivity index (χ0v) is 10.4. The number of hydrogen-bond acceptors (Lipinski definition) is 2. The van der Waals surface area contributed by atoms with Gasteiger partial charge in [-0.15, -0.1) is 0 Å². The molecule has 15 heavy (non-hydrogen) atoms. The van der Waals surface area contributed by atoms with Gasteiger partial charge in [-0.2, -0.15) is 0 Å². The summed E-state index contributed by atoms with van der Waals surface area (Å²) in [7, 11) is 1.80. The predicted octanol–water partition coefficient (Wildman–Crippen LogP) is 2.75. The number of anilines is 1. The summed E-state index contributed by atoms with van der Waals surface area (Å²) in [6, 6.07) is 7.14. The lowest BCUT2D eigenvalue weighted by molar-refractivity contribution is -0.138. The third kappa shape index (κ3) is 2.96. The van der Waals surface area contributed by atoms with Gasteiger partial charge in [0.1, 0.15) is 6.04 Å². The Labute approximate surface area is 97.8 Å². The summed E-state index contributed by atoms with van der Waals surface area (Å²) >= 11 is 3.36. The molecule has 0 saturated heterocycles. The average Bonchev–Trinajstić information content (AvgIpc) is 2.18. The second-order valence-electron chi connectivity index (χ2n) is 3.35. The maximum absolute atomic E-state index is 11.0. The van der Waals surface area contributed by atoms with Crippen molar-refractivity contribution in [3.8, 4) is 0 Å². The first kappa shape index (κ1) is 12.0. The molecule has 0 aliphatic carbocycles. The number of carboxylic acids is 1. The van der Waals surface area contributed by atoms with Gasteiger partial charge in [0.15, 0.2) is 0 Å². The van der Waals surface area contributed by atoms with Crippen molar-refractivity contribution in [2.45, 2.75) is 19.4 Å². The van der Waals surface area contributed by atoms with Crippen LogP contribution in [0, 0.1) is 0 Å². The molecule has 0 radical (unpaired) electrons. The number of nitrogens with zero attached hydrogens (tertiary/aromatic N) is 1. The van der Waals surface area contributed by atoms with E-state index in [2.05, 4.69) is 15.9 Å². The lowest BCUT2D eigenvalue weighted by Gasteiger charge is -2.25. The predicted molar refractivity (Wildman–Crippen MR) is 64.3 cm³/mol. The highest BCUT2D eigenvalue weighted by Crippen LogP contribution is 2.21. The molecule has 0 amide bonds. The van der Waals surface area contributed by atoms with Gasteiger partial charge in [0.2, 0.25) is 0 Å². The van der Waals surface area contributed by atoms with Crippen LogP contribution >= 0.6 is 15.9 Å². The highest BCUT2D eigenvalue weighted by Gasteiger charge is 2.20. The molecule has 3 nitrogen and oxygen atoms in total. The van der Waals surface area contributed by atoms with Gasteiger partial charge in [0.25, 0.3) is 0 Å². The molecule has 0 aromatic heterocycles. The van der Waals surface area contributed by atoms with Gasteiger partial charge in [-0.1, -0.05) is 28.9 Å². The van der Waals surface area contributed by atoms with Crippen molar-refractivity contribution in [3.63, 3.8) is 0 Å². The van der Waals surface area contributed by atoms with E-state index in [1.54, 1.807) is 11.9 Å². The van der Waals surface area contributed by atoms with Crippen LogP contribution in [0.25, 0.3) is 0 Å². The molecule has 0 aliphatic heterocycles. The van der Waals surface area contributed by atoms with Crippen LogP contribution in [0.1, 0.15) is 13.3 Å². The van der Waals surface area contributed by atoms with Gasteiger partial charge in [0, 0.05) is 17.2 Å². The monoisotopic (exact) mass is 271 g/mol. The van der Waals surface area contributed by atoms with E-state index in [9.17, 15) is 4.79 Å². The van der Waals surface area contributed by atoms with Crippen LogP contribution in [-0.4, -0.2) is 24.2 Å². The normalized spacial score (nSPS) is 12.2. The Morgan fingerprint density at radius 3 is 2.73 bits per heavy atom. The molecule has 0 unspecified atom stereocenters. The van der Waals surface area contributed by atoms with Crippen LogP contribution < -0.4 is 4.90 Å². The first-order valence-corrected chi connectivity index (χ1v) is 5.56. The molecule has 0 saturated carbocycles. The molecule has 1 aromatic rings. The van der Waals surface area contributed by atoms with Crippen molar-refractivity contribution in [3.05, 3.63) is 28.7 Å². The summed E-state index contributed by atoms with van der Waals surface area (Å²) in [5.74, 6) is -0.792. The number of rotatable bonds is 4. The van der Waals surface area contributed by atoms with Crippen molar-refractivity contribution >= 4 is 27.6 Å². The first-order valence-electron chi connectivity index (χ1n) is 4.77. The maximum Gasteiger partial charge on any atom is 0.326 e. The second kappa shape index (κ2) is 5.16. The van der Waals surface area contributed by atoms with Gasteiger partial charge in [0.05, 0.1) is 0 Å². The molecule has 1 atom stereocenters. The Bertz CT molecular complexity index is 354. The van der Waals surface area contributed by atoms with Crippen LogP contribution in [0.5, 0.6) is 0 Å². The minimum absolute atomic E-state index is 0.473. The summed E-state index contributed by atoms with van der Waals surface area (Å²) in [5.41, 5.74) is 0.902. The highest BCUT2D eigenvalue weighted by atomic mass is 79.9. The number of halogens is 1. The van der Waals surface area contributed by atoms with E-state index in [0.29, 0.717) is 6.42 Å². The lowest BCUT2D eigenvalue weighted by atomic mass is 10.2. The van der Waals surface area contributed by atoms with Crippen LogP contribution in [0.3, 0.4) is 0 Å². The Morgan fingerprint density at radius 2 is 2.27 bits per heavy atom. The zero-order valence-electron chi connectivity index (χ0n) is 8.77. The quantitative estimate of drug-likeness (QED) is 0.916. The first-order chi connectivity index (χ1) is 7.06. The molecule has 0 aliphatic rings. The van der Waals surface area contributed by atoms with Crippen LogP contribution in [0.15, 0.2) is 28.7 Å². The van der Waals surface area contributed by atoms with E-state index in [-0.39, 0.29) is 0 Å². The fraction of sp³-hybridized carbons (Fsp3) is 0.364. The molecule has 0 spiro atoms. The van der Waals surface area contributed by atoms with Gasteiger partial charge >= 0.3 is 5.97 Å². The van der Waals surface area contributed by atoms with E-state index in [0.717, 1.165) is 10.2 Å². The summed E-state index contributed by atoms with van der Waals surface area (Å²) < 4.78 is 0.951. The molecule has 0 heterocycles. The number of benzene rings is 1. The number of aliphatic carboxylic acids is 1. The largest absolute Gasteiger partial charge is 0.480 e. The van der Waals surface area contributed by atoms with Crippen LogP contribution in [0.4, 0.5) is 5.69 Å². The third-order valence-corrected chi connectivity index (χ3v) is 2.85. The molecule has 1 aromatic carbocycles. The number of carboxylic acid groups (broad SMARTS) is 1. The van der Waals surface area contributed by atoms with Crippen LogP contribution in [0.2, 0.25) is 0 Å². The van der Waals surface area contributed by atoms with E-state index in [1.807, 2.05) is 31.2 Å². The highest BCUT2D eigenvalue weighted by molar-refractivity contribution is 9.10. The summed E-state index contributed by atoms with van der Waals surface area (Å²) in [6.07, 6.45) is 0.582. The van der Waals surface area contributed by atoms with Crippen molar-refractivity contribution < 1.29 is 9.90 Å². The minimum Gasteiger partial charge on any atom is -0.480 e. The number of likely N-dealkylation sites (N-methyl/N-ethyl adjacent to an activating group) is 1. The van der Waals surface area contributed by atoms with Crippen molar-refractivity contribution in [1.29, 1.82) is 0 Å². The number of carbonyl (C=O) groups is 1. The molecular weight excluding hydrogens is 258 g/mol. The SMILES string of the molecule is CC[C@H](C(=O)O)N(C)c1cccc(Br)c1. The Balaban J connectivity index is 2.92. The van der Waals surface area contributed by atoms with E-state index >= 15 is 0 Å². The standard InChI is InChI=1S/C11H14BrNO2/c1-3-10(11(14)15)13(2)9-6-4-5-8(12)7-9/h4-7,10H,3H2,1-2H3,(H,14,15)/t10-/m1/s1. The Morgan fingerprint density at radius 1 is 1.60 bits per heavy atom. The maximum atomic E-state index is 11.0. The molecule has 1 N–H and O–H groups in total. The second-order valence-corrected chi connectivity index (χ2v) is 4.27. The minimum atomic E-state index is -0.792. The van der Waals surface area contributed by atoms with Crippen LogP contribution in [-0.2, 0) is 4.79 Å². The van der Waals surface area contributed by atoms with Gasteiger partial charge in [-0.05, 0) is 24.6 Å². The molecular formula is C11H14BrNO2. The fourth-order valence-corrected chi connectivity index (χ4v) is 1.88. The smallest absolute Gasteiger partial charge is 0.326 e. The summed E-state index contributed by atoms with van der Waals surface area (Å²) in [4.78, 5) is 12.7. The third-order valence-electron chi connectivity index (χ3n) is 2.35. The van der Waals surface area contributed by atoms with Crippen molar-refractivity contribution in [2.75, 3.05) is 11.9 Å². The summed E-state index contributed by atoms with van der Waals surface area (Å²) in [5, 5.41) is 9.02. The van der Waals surface area contributed by atoms with Gasteiger partial charge in [-0.3, -0.25) is 0 Å². The van der Waals surface area contributed by atoms with E-state index < -0.39 is 12.0 Å². The Kier molecular flexibility index (Phi) is 4.15. The Hall–Kier alpha value is -1.03. The summed E-state index contributed by atoms with van der Waals surface area (Å²) in [6.45, 7) is 1.87. The van der Waals surface area contributed by atoms with Gasteiger partial charge in [-0.25, -0.2) is 4.79 Å². The average molecular weight is 272 g/mol. The zero-order chi connectivity index (χ0) is 11.4. The number of hydrogen-bond donors (Lipinski definition) is 1. The topological polar surface area (TPSA) is 40.5 Å². The fourth-order valence-electron chi connectivity index (χ4n) is 1.49. The van der Waals surface area contributed by atoms with E-state index in [4.69, 9.17) is 5.11 Å². The van der Waals surface area contributed by atoms with E-state index in [1.165, 1.54) is 0 Å². The van der Waals surface area contributed by atoms with Crippen molar-refractivity contribution in [1.82, 2.24) is 0 Å². The van der Waals surface area contributed by atoms with Crippen molar-refractivity contribution in [2.24, 2.45) is 0 Å². The lowest BCUT2D eigenvalue weighted by Crippen LogP contribution is -2.37. The molecule has 0 fully saturated rings. The molecule has 0 bridgehead atoms. The molecule has 4 heteroatoms. The molecule has 1 rings (SSSR count).